The zero-order chi connectivity index (χ0) is 24.6. The monoisotopic (exact) mass is 477 g/mol. The topological polar surface area (TPSA) is 131 Å². The molecule has 3 aromatic rings. The molecule has 2 aliphatic rings. The molecule has 0 saturated carbocycles. The molecule has 180 valence electrons. The van der Waals surface area contributed by atoms with Gasteiger partial charge in [0.1, 0.15) is 11.9 Å². The van der Waals surface area contributed by atoms with E-state index in [-0.39, 0.29) is 6.54 Å². The van der Waals surface area contributed by atoms with Crippen molar-refractivity contribution in [3.05, 3.63) is 78.1 Å². The fraction of sp³-hybridized carbons (Fsp3) is 0.280. The number of carbonyl (C=O) groups excluding carboxylic acids is 2. The Morgan fingerprint density at radius 2 is 1.63 bits per heavy atom. The van der Waals surface area contributed by atoms with Crippen LogP contribution in [0.2, 0.25) is 0 Å². The van der Waals surface area contributed by atoms with Crippen LogP contribution in [0.15, 0.2) is 67.0 Å². The van der Waals surface area contributed by atoms with Crippen LogP contribution < -0.4 is 4.74 Å². The fourth-order valence-corrected chi connectivity index (χ4v) is 4.24. The Labute approximate surface area is 200 Å². The van der Waals surface area contributed by atoms with Gasteiger partial charge in [-0.25, -0.2) is 24.5 Å². The van der Waals surface area contributed by atoms with E-state index < -0.39 is 36.2 Å². The number of para-hydroxylation sites is 1. The number of hydrogen-bond acceptors (Lipinski definition) is 10. The van der Waals surface area contributed by atoms with E-state index in [0.29, 0.717) is 34.7 Å². The van der Waals surface area contributed by atoms with E-state index in [0.717, 1.165) is 0 Å². The number of esters is 2. The van der Waals surface area contributed by atoms with Crippen LogP contribution in [0.25, 0.3) is 11.4 Å². The SMILES string of the molecule is CN1CCC(Oc2ccccc2)c2ccc(-c3ncccn3)cc2C12OC(=O)C(O)C(O)C(=O)O2. The van der Waals surface area contributed by atoms with Gasteiger partial charge in [0.15, 0.2) is 18.0 Å². The summed E-state index contributed by atoms with van der Waals surface area (Å²) in [6.07, 6.45) is -1.01. The molecular formula is C25H23N3O7. The first-order valence-electron chi connectivity index (χ1n) is 11.1. The van der Waals surface area contributed by atoms with Crippen LogP contribution in [-0.2, 0) is 25.0 Å². The van der Waals surface area contributed by atoms with Crippen LogP contribution in [0.4, 0.5) is 0 Å². The van der Waals surface area contributed by atoms with Crippen LogP contribution >= 0.6 is 0 Å². The van der Waals surface area contributed by atoms with Crippen molar-refractivity contribution in [2.24, 2.45) is 0 Å². The molecular weight excluding hydrogens is 454 g/mol. The lowest BCUT2D eigenvalue weighted by Crippen LogP contribution is -2.50. The third-order valence-corrected chi connectivity index (χ3v) is 6.08. The van der Waals surface area contributed by atoms with Crippen LogP contribution in [0.1, 0.15) is 23.7 Å². The number of aliphatic hydroxyl groups is 2. The Hall–Kier alpha value is -3.86. The Morgan fingerprint density at radius 3 is 2.29 bits per heavy atom. The van der Waals surface area contributed by atoms with Gasteiger partial charge in [0.2, 0.25) is 0 Å². The maximum Gasteiger partial charge on any atom is 0.349 e. The van der Waals surface area contributed by atoms with Gasteiger partial charge in [-0.05, 0) is 31.3 Å². The summed E-state index contributed by atoms with van der Waals surface area (Å²) in [4.78, 5) is 35.5. The zero-order valence-electron chi connectivity index (χ0n) is 18.8. The molecule has 1 spiro atoms. The Morgan fingerprint density at radius 1 is 0.971 bits per heavy atom. The zero-order valence-corrected chi connectivity index (χ0v) is 18.8. The summed E-state index contributed by atoms with van der Waals surface area (Å²) in [5.74, 6) is -3.39. The van der Waals surface area contributed by atoms with Gasteiger partial charge >= 0.3 is 17.8 Å². The van der Waals surface area contributed by atoms with E-state index >= 15 is 0 Å². The van der Waals surface area contributed by atoms with Crippen molar-refractivity contribution in [2.45, 2.75) is 30.6 Å². The number of nitrogens with zero attached hydrogens (tertiary/aromatic N) is 3. The molecule has 0 bridgehead atoms. The maximum atomic E-state index is 12.7. The highest BCUT2D eigenvalue weighted by atomic mass is 16.8. The van der Waals surface area contributed by atoms with E-state index in [9.17, 15) is 19.8 Å². The Kier molecular flexibility index (Phi) is 5.93. The summed E-state index contributed by atoms with van der Waals surface area (Å²) < 4.78 is 17.6. The lowest BCUT2D eigenvalue weighted by Gasteiger charge is -2.38. The predicted octanol–water partition coefficient (Wildman–Crippen LogP) is 1.53. The van der Waals surface area contributed by atoms with E-state index in [2.05, 4.69) is 9.97 Å². The molecule has 3 heterocycles. The van der Waals surface area contributed by atoms with Crippen LogP contribution in [0.3, 0.4) is 0 Å². The first kappa shape index (κ1) is 22.9. The fourth-order valence-electron chi connectivity index (χ4n) is 4.24. The minimum atomic E-state index is -2.08. The van der Waals surface area contributed by atoms with Gasteiger partial charge in [-0.15, -0.1) is 0 Å². The molecule has 0 aliphatic carbocycles. The molecule has 0 amide bonds. The van der Waals surface area contributed by atoms with Crippen molar-refractivity contribution in [3.63, 3.8) is 0 Å². The molecule has 2 aromatic carbocycles. The number of benzene rings is 2. The number of aliphatic hydroxyl groups excluding tert-OH is 2. The largest absolute Gasteiger partial charge is 0.486 e. The van der Waals surface area contributed by atoms with Crippen LogP contribution in [-0.4, -0.2) is 62.8 Å². The summed E-state index contributed by atoms with van der Waals surface area (Å²) in [7, 11) is 1.62. The molecule has 2 N–H and O–H groups in total. The second-order valence-corrected chi connectivity index (χ2v) is 8.32. The first-order chi connectivity index (χ1) is 16.9. The highest BCUT2D eigenvalue weighted by Gasteiger charge is 2.55. The Balaban J connectivity index is 1.69. The molecule has 5 rings (SSSR count). The number of carbonyl (C=O) groups is 2. The summed E-state index contributed by atoms with van der Waals surface area (Å²) in [5.41, 5.74) is 1.48. The van der Waals surface area contributed by atoms with E-state index in [1.165, 1.54) is 4.90 Å². The van der Waals surface area contributed by atoms with Crippen molar-refractivity contribution >= 4 is 11.9 Å². The molecule has 3 unspecified atom stereocenters. The maximum absolute atomic E-state index is 12.7. The lowest BCUT2D eigenvalue weighted by molar-refractivity contribution is -0.288. The van der Waals surface area contributed by atoms with Gasteiger partial charge in [-0.1, -0.05) is 30.3 Å². The lowest BCUT2D eigenvalue weighted by atomic mass is 9.96. The third kappa shape index (κ3) is 4.12. The highest BCUT2D eigenvalue weighted by Crippen LogP contribution is 2.44. The van der Waals surface area contributed by atoms with Gasteiger partial charge in [0.05, 0.1) is 5.56 Å². The smallest absolute Gasteiger partial charge is 0.349 e. The van der Waals surface area contributed by atoms with E-state index in [1.807, 2.05) is 30.3 Å². The normalized spacial score (nSPS) is 26.8. The molecule has 1 saturated heterocycles. The number of ether oxygens (including phenoxy) is 3. The van der Waals surface area contributed by atoms with Crippen molar-refractivity contribution in [1.82, 2.24) is 14.9 Å². The van der Waals surface area contributed by atoms with Crippen molar-refractivity contribution in [2.75, 3.05) is 13.6 Å². The third-order valence-electron chi connectivity index (χ3n) is 6.08. The minimum Gasteiger partial charge on any atom is -0.486 e. The minimum absolute atomic E-state index is 0.288. The first-order valence-corrected chi connectivity index (χ1v) is 11.1. The highest BCUT2D eigenvalue weighted by molar-refractivity contribution is 5.87. The van der Waals surface area contributed by atoms with Gasteiger partial charge < -0.3 is 24.4 Å². The second kappa shape index (κ2) is 9.06. The second-order valence-electron chi connectivity index (χ2n) is 8.32. The van der Waals surface area contributed by atoms with Crippen LogP contribution in [0, 0.1) is 0 Å². The van der Waals surface area contributed by atoms with E-state index in [1.54, 1.807) is 43.7 Å². The average Bonchev–Trinajstić information content (AvgIpc) is 3.04. The van der Waals surface area contributed by atoms with Gasteiger partial charge in [-0.3, -0.25) is 0 Å². The molecule has 35 heavy (non-hydrogen) atoms. The number of hydrogen-bond donors (Lipinski definition) is 2. The predicted molar refractivity (Wildman–Crippen MR) is 120 cm³/mol. The standard InChI is InChI=1S/C25H23N3O7/c1-28-13-10-19(33-16-6-3-2-4-7-16)17-9-8-15(22-26-11-5-12-27-22)14-18(17)25(28)34-23(31)20(29)21(30)24(32)35-25/h2-9,11-12,14,19-21,29-30H,10,13H2,1H3. The summed E-state index contributed by atoms with van der Waals surface area (Å²) in [6.45, 7) is 0.288. The van der Waals surface area contributed by atoms with Gasteiger partial charge in [-0.2, -0.15) is 0 Å². The quantitative estimate of drug-likeness (QED) is 0.536. The number of fused-ring (bicyclic) bond motifs is 2. The van der Waals surface area contributed by atoms with E-state index in [4.69, 9.17) is 14.2 Å². The summed E-state index contributed by atoms with van der Waals surface area (Å²) in [5, 5.41) is 20.2. The molecule has 1 fully saturated rings. The molecule has 1 aromatic heterocycles. The molecule has 2 aliphatic heterocycles. The average molecular weight is 477 g/mol. The molecule has 3 atom stereocenters. The molecule has 10 nitrogen and oxygen atoms in total. The molecule has 0 radical (unpaired) electrons. The van der Waals surface area contributed by atoms with Gasteiger partial charge in [0.25, 0.3) is 0 Å². The van der Waals surface area contributed by atoms with Crippen molar-refractivity contribution in [3.8, 4) is 17.1 Å². The van der Waals surface area contributed by atoms with Crippen LogP contribution in [0.5, 0.6) is 5.75 Å². The summed E-state index contributed by atoms with van der Waals surface area (Å²) >= 11 is 0. The summed E-state index contributed by atoms with van der Waals surface area (Å²) in [6, 6.07) is 16.2. The van der Waals surface area contributed by atoms with Crippen molar-refractivity contribution in [1.29, 1.82) is 0 Å². The van der Waals surface area contributed by atoms with Gasteiger partial charge in [0, 0.05) is 36.5 Å². The molecule has 10 heteroatoms. The number of rotatable bonds is 3. The number of aromatic nitrogens is 2. The van der Waals surface area contributed by atoms with Crippen molar-refractivity contribution < 1.29 is 34.0 Å². The Bertz CT molecular complexity index is 1220.